The molecule has 0 heterocycles. The molecule has 0 aliphatic rings. The fourth-order valence-electron chi connectivity index (χ4n) is 0.753. The monoisotopic (exact) mass is 180 g/mol. The summed E-state index contributed by atoms with van der Waals surface area (Å²) in [5, 5.41) is 2.53. The quantitative estimate of drug-likeness (QED) is 0.639. The second kappa shape index (κ2) is 7.16. The van der Waals surface area contributed by atoms with Gasteiger partial charge in [-0.15, -0.1) is 0 Å². The number of allylic oxidation sites excluding steroid dienone is 6. The van der Waals surface area contributed by atoms with Crippen LogP contribution < -0.4 is 11.1 Å². The van der Waals surface area contributed by atoms with E-state index in [0.29, 0.717) is 0 Å². The van der Waals surface area contributed by atoms with Crippen molar-refractivity contribution in [3.63, 3.8) is 0 Å². The Morgan fingerprint density at radius 2 is 2.08 bits per heavy atom. The third-order valence-electron chi connectivity index (χ3n) is 1.38. The molecule has 0 unspecified atom stereocenters. The Hall–Kier alpha value is -1.51. The smallest absolute Gasteiger partial charge is 0.316 e. The molecule has 3 nitrogen and oxygen atoms in total. The van der Waals surface area contributed by atoms with E-state index in [0.717, 1.165) is 12.1 Å². The first kappa shape index (κ1) is 11.5. The van der Waals surface area contributed by atoms with Crippen molar-refractivity contribution in [3.05, 3.63) is 36.1 Å². The van der Waals surface area contributed by atoms with Gasteiger partial charge in [0.25, 0.3) is 0 Å². The van der Waals surface area contributed by atoms with Crippen LogP contribution in [0.2, 0.25) is 0 Å². The number of carbonyl (C=O) groups is 1. The highest BCUT2D eigenvalue weighted by atomic mass is 16.2. The number of nitrogens with one attached hydrogen (secondary N) is 1. The van der Waals surface area contributed by atoms with Crippen LogP contribution in [0.15, 0.2) is 36.1 Å². The summed E-state index contributed by atoms with van der Waals surface area (Å²) in [4.78, 5) is 10.5. The van der Waals surface area contributed by atoms with Crippen molar-refractivity contribution in [1.29, 1.82) is 0 Å². The minimum atomic E-state index is -0.521. The average Bonchev–Trinajstić information content (AvgIpc) is 2.09. The molecule has 3 heteroatoms. The molecule has 0 fully saturated rings. The molecule has 0 bridgehead atoms. The topological polar surface area (TPSA) is 55.1 Å². The number of rotatable bonds is 4. The fraction of sp³-hybridized carbons (Fsp3) is 0.300. The van der Waals surface area contributed by atoms with E-state index in [1.807, 2.05) is 44.2 Å². The van der Waals surface area contributed by atoms with Gasteiger partial charge >= 0.3 is 6.03 Å². The van der Waals surface area contributed by atoms with Crippen molar-refractivity contribution in [2.75, 3.05) is 0 Å². The van der Waals surface area contributed by atoms with Gasteiger partial charge in [0.1, 0.15) is 0 Å². The van der Waals surface area contributed by atoms with Crippen LogP contribution in [0.5, 0.6) is 0 Å². The van der Waals surface area contributed by atoms with Crippen LogP contribution >= 0.6 is 0 Å². The van der Waals surface area contributed by atoms with Gasteiger partial charge < -0.3 is 11.1 Å². The number of primary amides is 1. The number of amides is 2. The molecule has 72 valence electrons. The molecule has 0 aromatic carbocycles. The summed E-state index contributed by atoms with van der Waals surface area (Å²) in [6.07, 6.45) is 10.2. The Kier molecular flexibility index (Phi) is 6.32. The van der Waals surface area contributed by atoms with Crippen LogP contribution in [0, 0.1) is 0 Å². The zero-order valence-corrected chi connectivity index (χ0v) is 8.08. The third-order valence-corrected chi connectivity index (χ3v) is 1.38. The van der Waals surface area contributed by atoms with Crippen molar-refractivity contribution in [2.45, 2.75) is 20.3 Å². The molecule has 0 saturated carbocycles. The first-order valence-corrected chi connectivity index (χ1v) is 4.25. The average molecular weight is 180 g/mol. The number of nitrogens with two attached hydrogens (primary N) is 1. The van der Waals surface area contributed by atoms with Crippen LogP contribution in [0.4, 0.5) is 4.79 Å². The van der Waals surface area contributed by atoms with Gasteiger partial charge in [0, 0.05) is 5.70 Å². The van der Waals surface area contributed by atoms with Crippen LogP contribution in [0.25, 0.3) is 0 Å². The van der Waals surface area contributed by atoms with Crippen molar-refractivity contribution < 1.29 is 4.79 Å². The maximum absolute atomic E-state index is 10.5. The zero-order chi connectivity index (χ0) is 10.1. The van der Waals surface area contributed by atoms with Gasteiger partial charge in [-0.2, -0.15) is 0 Å². The zero-order valence-electron chi connectivity index (χ0n) is 8.08. The fourth-order valence-corrected chi connectivity index (χ4v) is 0.753. The molecule has 0 spiro atoms. The minimum absolute atomic E-state index is 0.521. The van der Waals surface area contributed by atoms with E-state index in [2.05, 4.69) is 5.32 Å². The molecule has 0 aliphatic carbocycles. The summed E-state index contributed by atoms with van der Waals surface area (Å²) in [7, 11) is 0. The number of hydrogen-bond donors (Lipinski definition) is 2. The van der Waals surface area contributed by atoms with Gasteiger partial charge in [-0.1, -0.05) is 31.2 Å². The van der Waals surface area contributed by atoms with Gasteiger partial charge in [0.15, 0.2) is 0 Å². The second-order valence-electron chi connectivity index (χ2n) is 2.45. The molecular formula is C10H16N2O. The number of urea groups is 1. The van der Waals surface area contributed by atoms with E-state index in [9.17, 15) is 4.79 Å². The first-order valence-electron chi connectivity index (χ1n) is 4.25. The molecule has 3 N–H and O–H groups in total. The molecule has 0 aliphatic heterocycles. The standard InChI is InChI=1S/C10H16N2O/c1-3-5-6-7-8-9(4-2)12-10(11)13/h3,5-8H,4H2,1-2H3,(H3,11,12,13)/b5-3+,7-6-,9-8+. The lowest BCUT2D eigenvalue weighted by molar-refractivity contribution is 0.251. The second-order valence-corrected chi connectivity index (χ2v) is 2.45. The maximum atomic E-state index is 10.5. The number of hydrogen-bond acceptors (Lipinski definition) is 1. The van der Waals surface area contributed by atoms with Crippen molar-refractivity contribution in [1.82, 2.24) is 5.32 Å². The van der Waals surface area contributed by atoms with E-state index in [1.54, 1.807) is 0 Å². The van der Waals surface area contributed by atoms with Crippen molar-refractivity contribution in [2.24, 2.45) is 5.73 Å². The van der Waals surface area contributed by atoms with Crippen molar-refractivity contribution >= 4 is 6.03 Å². The van der Waals surface area contributed by atoms with Crippen LogP contribution in [0.1, 0.15) is 20.3 Å². The Morgan fingerprint density at radius 3 is 2.54 bits per heavy atom. The van der Waals surface area contributed by atoms with Crippen molar-refractivity contribution in [3.8, 4) is 0 Å². The largest absolute Gasteiger partial charge is 0.351 e. The summed E-state index contributed by atoms with van der Waals surface area (Å²) in [6.45, 7) is 3.89. The molecule has 0 atom stereocenters. The molecular weight excluding hydrogens is 164 g/mol. The van der Waals surface area contributed by atoms with Crippen LogP contribution in [-0.4, -0.2) is 6.03 Å². The highest BCUT2D eigenvalue weighted by Gasteiger charge is 1.93. The van der Waals surface area contributed by atoms with Gasteiger partial charge in [0.05, 0.1) is 0 Å². The van der Waals surface area contributed by atoms with E-state index in [1.165, 1.54) is 0 Å². The minimum Gasteiger partial charge on any atom is -0.351 e. The van der Waals surface area contributed by atoms with E-state index in [4.69, 9.17) is 5.73 Å². The molecule has 13 heavy (non-hydrogen) atoms. The summed E-state index contributed by atoms with van der Waals surface area (Å²) < 4.78 is 0. The van der Waals surface area contributed by atoms with E-state index in [-0.39, 0.29) is 0 Å². The highest BCUT2D eigenvalue weighted by molar-refractivity contribution is 5.73. The Morgan fingerprint density at radius 1 is 1.38 bits per heavy atom. The predicted octanol–water partition coefficient (Wildman–Crippen LogP) is 2.08. The summed E-state index contributed by atoms with van der Waals surface area (Å²) in [5.74, 6) is 0. The predicted molar refractivity (Wildman–Crippen MR) is 55.0 cm³/mol. The summed E-state index contributed by atoms with van der Waals surface area (Å²) in [5.41, 5.74) is 5.78. The lowest BCUT2D eigenvalue weighted by Gasteiger charge is -2.01. The SMILES string of the molecule is C/C=C/C=C\C=C(/CC)NC(N)=O. The molecule has 2 amide bonds. The molecule has 0 saturated heterocycles. The lowest BCUT2D eigenvalue weighted by atomic mass is 10.3. The number of carbonyl (C=O) groups excluding carboxylic acids is 1. The van der Waals surface area contributed by atoms with Gasteiger partial charge in [-0.05, 0) is 19.4 Å². The normalized spacial score (nSPS) is 12.6. The van der Waals surface area contributed by atoms with Gasteiger partial charge in [-0.25, -0.2) is 4.79 Å². The summed E-state index contributed by atoms with van der Waals surface area (Å²) in [6, 6.07) is -0.521. The van der Waals surface area contributed by atoms with Gasteiger partial charge in [0.2, 0.25) is 0 Å². The Balaban J connectivity index is 4.13. The molecule has 0 aromatic rings. The van der Waals surface area contributed by atoms with Gasteiger partial charge in [-0.3, -0.25) is 0 Å². The Labute approximate surface area is 79.0 Å². The Bertz CT molecular complexity index is 239. The molecule has 0 aromatic heterocycles. The summed E-state index contributed by atoms with van der Waals surface area (Å²) >= 11 is 0. The molecule has 0 radical (unpaired) electrons. The van der Waals surface area contributed by atoms with E-state index < -0.39 is 6.03 Å². The highest BCUT2D eigenvalue weighted by Crippen LogP contribution is 1.95. The van der Waals surface area contributed by atoms with Crippen LogP contribution in [0.3, 0.4) is 0 Å². The molecule has 0 rings (SSSR count). The lowest BCUT2D eigenvalue weighted by Crippen LogP contribution is -2.28. The first-order chi connectivity index (χ1) is 6.20. The maximum Gasteiger partial charge on any atom is 0.316 e. The van der Waals surface area contributed by atoms with Crippen LogP contribution in [-0.2, 0) is 0 Å². The third kappa shape index (κ3) is 6.87. The van der Waals surface area contributed by atoms with E-state index >= 15 is 0 Å².